The van der Waals surface area contributed by atoms with Gasteiger partial charge in [0.15, 0.2) is 5.82 Å². The average Bonchev–Trinajstić information content (AvgIpc) is 2.44. The Balaban J connectivity index is 2.25. The van der Waals surface area contributed by atoms with Crippen molar-refractivity contribution < 1.29 is 13.2 Å². The summed E-state index contributed by atoms with van der Waals surface area (Å²) in [5.41, 5.74) is 1.69. The second-order valence-corrected chi connectivity index (χ2v) is 5.74. The highest BCUT2D eigenvalue weighted by Gasteiger charge is 2.34. The van der Waals surface area contributed by atoms with Gasteiger partial charge < -0.3 is 0 Å². The first kappa shape index (κ1) is 18.1. The maximum atomic E-state index is 12.7. The minimum Gasteiger partial charge on any atom is -0.260 e. The molecule has 2 aromatic rings. The molecule has 3 nitrogen and oxygen atoms in total. The van der Waals surface area contributed by atoms with Crippen LogP contribution in [0.15, 0.2) is 29.4 Å². The lowest BCUT2D eigenvalue weighted by molar-refractivity contribution is -0.137. The zero-order valence-electron chi connectivity index (χ0n) is 10.9. The van der Waals surface area contributed by atoms with Crippen molar-refractivity contribution in [1.29, 1.82) is 0 Å². The Bertz CT molecular complexity index is 743. The molecule has 1 aromatic heterocycles. The maximum absolute atomic E-state index is 12.7. The van der Waals surface area contributed by atoms with E-state index in [0.717, 1.165) is 0 Å². The van der Waals surface area contributed by atoms with E-state index in [-0.39, 0.29) is 10.8 Å². The number of aromatic nitrogens is 1. The predicted octanol–water partition coefficient (Wildman–Crippen LogP) is 6.16. The van der Waals surface area contributed by atoms with Gasteiger partial charge in [0.05, 0.1) is 26.8 Å². The molecule has 0 aliphatic rings. The monoisotopic (exact) mass is 401 g/mol. The number of halogens is 7. The molecule has 23 heavy (non-hydrogen) atoms. The Labute approximate surface area is 149 Å². The van der Waals surface area contributed by atoms with Crippen molar-refractivity contribution >= 4 is 58.4 Å². The van der Waals surface area contributed by atoms with Crippen molar-refractivity contribution in [2.45, 2.75) is 6.18 Å². The molecule has 0 saturated carbocycles. The number of alkyl halides is 3. The molecule has 2 rings (SSSR count). The van der Waals surface area contributed by atoms with E-state index in [2.05, 4.69) is 15.5 Å². The Morgan fingerprint density at radius 2 is 1.65 bits per heavy atom. The molecule has 0 fully saturated rings. The van der Waals surface area contributed by atoms with Crippen LogP contribution in [0.25, 0.3) is 0 Å². The molecule has 0 saturated heterocycles. The summed E-state index contributed by atoms with van der Waals surface area (Å²) in [7, 11) is 0. The van der Waals surface area contributed by atoms with Gasteiger partial charge in [0.2, 0.25) is 0 Å². The van der Waals surface area contributed by atoms with Crippen molar-refractivity contribution in [3.05, 3.63) is 55.6 Å². The molecule has 0 radical (unpaired) electrons. The fourth-order valence-electron chi connectivity index (χ4n) is 1.54. The smallest absolute Gasteiger partial charge is 0.260 e. The van der Waals surface area contributed by atoms with Crippen LogP contribution in [-0.2, 0) is 6.18 Å². The molecule has 0 amide bonds. The standard InChI is InChI=1S/C13H6Cl4F3N3/c14-8-2-1-3-9(15)6(8)5-21-23-12-10(16)4-7(11(17)22-12)13(18,19)20/h1-5H,(H,22,23)/b21-5+. The molecule has 122 valence electrons. The minimum absolute atomic E-state index is 0.135. The van der Waals surface area contributed by atoms with Gasteiger partial charge in [0.1, 0.15) is 5.15 Å². The highest BCUT2D eigenvalue weighted by molar-refractivity contribution is 6.38. The molecule has 0 spiro atoms. The number of hydrazone groups is 1. The van der Waals surface area contributed by atoms with Gasteiger partial charge in [-0.25, -0.2) is 4.98 Å². The van der Waals surface area contributed by atoms with Crippen molar-refractivity contribution in [3.63, 3.8) is 0 Å². The SMILES string of the molecule is FC(F)(F)c1cc(Cl)c(N/N=C/c2c(Cl)cccc2Cl)nc1Cl. The number of hydrogen-bond acceptors (Lipinski definition) is 3. The van der Waals surface area contributed by atoms with Crippen LogP contribution >= 0.6 is 46.4 Å². The van der Waals surface area contributed by atoms with E-state index in [4.69, 9.17) is 46.4 Å². The van der Waals surface area contributed by atoms with Gasteiger partial charge in [-0.05, 0) is 18.2 Å². The first-order chi connectivity index (χ1) is 10.7. The predicted molar refractivity (Wildman–Crippen MR) is 86.9 cm³/mol. The molecule has 0 aliphatic carbocycles. The summed E-state index contributed by atoms with van der Waals surface area (Å²) in [6.45, 7) is 0. The van der Waals surface area contributed by atoms with Crippen LogP contribution in [0.3, 0.4) is 0 Å². The van der Waals surface area contributed by atoms with Gasteiger partial charge >= 0.3 is 6.18 Å². The normalized spacial score (nSPS) is 12.0. The Kier molecular flexibility index (Phi) is 5.62. The first-order valence-electron chi connectivity index (χ1n) is 5.86. The third kappa shape index (κ3) is 4.41. The quantitative estimate of drug-likeness (QED) is 0.379. The highest BCUT2D eigenvalue weighted by atomic mass is 35.5. The minimum atomic E-state index is -4.65. The molecule has 1 aromatic carbocycles. The lowest BCUT2D eigenvalue weighted by Crippen LogP contribution is -2.08. The topological polar surface area (TPSA) is 37.3 Å². The zero-order chi connectivity index (χ0) is 17.2. The van der Waals surface area contributed by atoms with Gasteiger partial charge in [0.25, 0.3) is 0 Å². The molecule has 0 unspecified atom stereocenters. The number of pyridine rings is 1. The van der Waals surface area contributed by atoms with Crippen molar-refractivity contribution in [3.8, 4) is 0 Å². The lowest BCUT2D eigenvalue weighted by atomic mass is 10.2. The van der Waals surface area contributed by atoms with Crippen LogP contribution in [0.2, 0.25) is 20.2 Å². The second-order valence-electron chi connectivity index (χ2n) is 4.16. The number of hydrogen-bond donors (Lipinski definition) is 1. The van der Waals surface area contributed by atoms with Crippen LogP contribution in [0.5, 0.6) is 0 Å². The molecule has 1 N–H and O–H groups in total. The van der Waals surface area contributed by atoms with E-state index < -0.39 is 16.9 Å². The molecular formula is C13H6Cl4F3N3. The Hall–Kier alpha value is -1.21. The van der Waals surface area contributed by atoms with E-state index in [0.29, 0.717) is 21.7 Å². The van der Waals surface area contributed by atoms with Gasteiger partial charge in [-0.1, -0.05) is 52.5 Å². The maximum Gasteiger partial charge on any atom is 0.419 e. The van der Waals surface area contributed by atoms with Gasteiger partial charge in [0, 0.05) is 5.56 Å². The second kappa shape index (κ2) is 7.13. The summed E-state index contributed by atoms with van der Waals surface area (Å²) in [5, 5.41) is 3.48. The number of rotatable bonds is 3. The van der Waals surface area contributed by atoms with Crippen LogP contribution in [0.4, 0.5) is 19.0 Å². The summed E-state index contributed by atoms with van der Waals surface area (Å²) >= 11 is 23.1. The highest BCUT2D eigenvalue weighted by Crippen LogP contribution is 2.37. The third-order valence-corrected chi connectivity index (χ3v) is 3.83. The van der Waals surface area contributed by atoms with Gasteiger partial charge in [-0.15, -0.1) is 0 Å². The summed E-state index contributed by atoms with van der Waals surface area (Å²) in [6, 6.07) is 5.53. The summed E-state index contributed by atoms with van der Waals surface area (Å²) < 4.78 is 38.0. The van der Waals surface area contributed by atoms with Gasteiger partial charge in [-0.3, -0.25) is 5.43 Å². The zero-order valence-corrected chi connectivity index (χ0v) is 14.0. The third-order valence-electron chi connectivity index (χ3n) is 2.60. The van der Waals surface area contributed by atoms with Crippen molar-refractivity contribution in [1.82, 2.24) is 4.98 Å². The lowest BCUT2D eigenvalue weighted by Gasteiger charge is -2.10. The number of anilines is 1. The van der Waals surface area contributed by atoms with Gasteiger partial charge in [-0.2, -0.15) is 18.3 Å². The van der Waals surface area contributed by atoms with E-state index in [9.17, 15) is 13.2 Å². The summed E-state index contributed by atoms with van der Waals surface area (Å²) in [5.74, 6) is -0.135. The Morgan fingerprint density at radius 3 is 2.22 bits per heavy atom. The van der Waals surface area contributed by atoms with Crippen molar-refractivity contribution in [2.24, 2.45) is 5.10 Å². The number of nitrogens with one attached hydrogen (secondary N) is 1. The summed E-state index contributed by atoms with van der Waals surface area (Å²) in [4.78, 5) is 3.54. The van der Waals surface area contributed by atoms with E-state index >= 15 is 0 Å². The molecule has 1 heterocycles. The van der Waals surface area contributed by atoms with Crippen LogP contribution in [0, 0.1) is 0 Å². The molecule has 0 aliphatic heterocycles. The molecule has 0 bridgehead atoms. The van der Waals surface area contributed by atoms with E-state index in [1.807, 2.05) is 0 Å². The first-order valence-corrected chi connectivity index (χ1v) is 7.37. The fraction of sp³-hybridized carbons (Fsp3) is 0.0769. The van der Waals surface area contributed by atoms with Crippen LogP contribution in [0.1, 0.15) is 11.1 Å². The molecule has 10 heteroatoms. The van der Waals surface area contributed by atoms with E-state index in [1.165, 1.54) is 6.21 Å². The molecule has 0 atom stereocenters. The van der Waals surface area contributed by atoms with Crippen molar-refractivity contribution in [2.75, 3.05) is 5.43 Å². The Morgan fingerprint density at radius 1 is 1.04 bits per heavy atom. The van der Waals surface area contributed by atoms with E-state index in [1.54, 1.807) is 18.2 Å². The van der Waals surface area contributed by atoms with Crippen LogP contribution in [-0.4, -0.2) is 11.2 Å². The number of benzene rings is 1. The number of nitrogens with zero attached hydrogens (tertiary/aromatic N) is 2. The largest absolute Gasteiger partial charge is 0.419 e. The summed E-state index contributed by atoms with van der Waals surface area (Å²) in [6.07, 6.45) is -3.37. The average molecular weight is 403 g/mol. The fourth-order valence-corrected chi connectivity index (χ4v) is 2.47. The molecular weight excluding hydrogens is 397 g/mol. The van der Waals surface area contributed by atoms with Crippen LogP contribution < -0.4 is 5.43 Å².